The molecule has 140 valence electrons. The molecule has 0 radical (unpaired) electrons. The molecule has 0 aliphatic carbocycles. The van der Waals surface area contributed by atoms with E-state index in [4.69, 9.17) is 14.7 Å². The van der Waals surface area contributed by atoms with Crippen LogP contribution in [0.1, 0.15) is 0 Å². The molecule has 0 fully saturated rings. The number of hydrogen-bond donors (Lipinski definition) is 3. The monoisotopic (exact) mass is 380 g/mol. The van der Waals surface area contributed by atoms with Crippen LogP contribution in [0.5, 0.6) is 5.75 Å². The number of hydrogen-bond acceptors (Lipinski definition) is 4. The summed E-state index contributed by atoms with van der Waals surface area (Å²) < 4.78 is 5.29. The molecule has 7 heteroatoms. The molecule has 3 aromatic carbocycles. The Morgan fingerprint density at radius 3 is 2.03 bits per heavy atom. The SMILES string of the molecule is COc1ccc2[nH]c(-c3ccc4[nH]c(-c5ccc6[nH]cnc6c5)nc4c3)nc2c1. The van der Waals surface area contributed by atoms with E-state index in [0.29, 0.717) is 0 Å². The molecule has 7 nitrogen and oxygen atoms in total. The average Bonchev–Trinajstić information content (AvgIpc) is 3.48. The Morgan fingerprint density at radius 2 is 1.31 bits per heavy atom. The Hall–Kier alpha value is -4.13. The lowest BCUT2D eigenvalue weighted by atomic mass is 10.2. The van der Waals surface area contributed by atoms with Gasteiger partial charge in [0.05, 0.1) is 46.5 Å². The zero-order valence-electron chi connectivity index (χ0n) is 15.5. The number of rotatable bonds is 3. The van der Waals surface area contributed by atoms with Crippen LogP contribution >= 0.6 is 0 Å². The third kappa shape index (κ3) is 2.55. The van der Waals surface area contributed by atoms with E-state index in [0.717, 1.165) is 61.6 Å². The Morgan fingerprint density at radius 1 is 0.690 bits per heavy atom. The van der Waals surface area contributed by atoms with Gasteiger partial charge in [0.2, 0.25) is 0 Å². The van der Waals surface area contributed by atoms with Crippen molar-refractivity contribution in [2.45, 2.75) is 0 Å². The highest BCUT2D eigenvalue weighted by Crippen LogP contribution is 2.28. The molecule has 0 aliphatic rings. The summed E-state index contributed by atoms with van der Waals surface area (Å²) in [4.78, 5) is 23.7. The van der Waals surface area contributed by atoms with E-state index in [-0.39, 0.29) is 0 Å². The molecule has 0 unspecified atom stereocenters. The molecule has 0 saturated heterocycles. The molecule has 6 rings (SSSR count). The highest BCUT2D eigenvalue weighted by atomic mass is 16.5. The largest absolute Gasteiger partial charge is 0.497 e. The standard InChI is InChI=1S/C22H16N6O/c1-29-14-4-7-17-20(10-14)28-22(26-17)13-3-6-16-19(9-13)27-21(25-16)12-2-5-15-18(8-12)24-11-23-15/h2-11H,1H3,(H,23,24)(H,25,27)(H,26,28). The van der Waals surface area contributed by atoms with E-state index in [1.54, 1.807) is 13.4 Å². The minimum atomic E-state index is 0.789. The summed E-state index contributed by atoms with van der Waals surface area (Å²) in [5, 5.41) is 0. The summed E-state index contributed by atoms with van der Waals surface area (Å²) in [7, 11) is 1.65. The second kappa shape index (κ2) is 5.93. The van der Waals surface area contributed by atoms with Crippen LogP contribution in [-0.2, 0) is 0 Å². The van der Waals surface area contributed by atoms with E-state index in [9.17, 15) is 0 Å². The van der Waals surface area contributed by atoms with Crippen molar-refractivity contribution in [2.75, 3.05) is 7.11 Å². The summed E-state index contributed by atoms with van der Waals surface area (Å²) >= 11 is 0. The zero-order chi connectivity index (χ0) is 19.4. The molecule has 0 aliphatic heterocycles. The highest BCUT2D eigenvalue weighted by molar-refractivity contribution is 5.87. The summed E-state index contributed by atoms with van der Waals surface area (Å²) in [6, 6.07) is 18.0. The Labute approximate surface area is 164 Å². The molecule has 0 bridgehead atoms. The van der Waals surface area contributed by atoms with Gasteiger partial charge in [-0.15, -0.1) is 0 Å². The molecule has 0 spiro atoms. The predicted octanol–water partition coefficient (Wildman–Crippen LogP) is 4.66. The molecule has 0 atom stereocenters. The molecule has 3 aromatic heterocycles. The molecule has 3 heterocycles. The van der Waals surface area contributed by atoms with Crippen LogP contribution < -0.4 is 4.74 Å². The maximum Gasteiger partial charge on any atom is 0.138 e. The topological polar surface area (TPSA) is 95.3 Å². The second-order valence-electron chi connectivity index (χ2n) is 6.92. The molecule has 29 heavy (non-hydrogen) atoms. The fraction of sp³-hybridized carbons (Fsp3) is 0.0455. The third-order valence-electron chi connectivity index (χ3n) is 5.14. The number of H-pyrrole nitrogens is 3. The van der Waals surface area contributed by atoms with Crippen molar-refractivity contribution in [3.63, 3.8) is 0 Å². The van der Waals surface area contributed by atoms with Gasteiger partial charge in [0.15, 0.2) is 0 Å². The number of fused-ring (bicyclic) bond motifs is 3. The second-order valence-corrected chi connectivity index (χ2v) is 6.92. The number of nitrogens with one attached hydrogen (secondary N) is 3. The Kier molecular flexibility index (Phi) is 3.25. The summed E-state index contributed by atoms with van der Waals surface area (Å²) in [6.07, 6.45) is 1.70. The number of aromatic amines is 3. The molecule has 6 aromatic rings. The first-order valence-corrected chi connectivity index (χ1v) is 9.24. The highest BCUT2D eigenvalue weighted by Gasteiger charge is 2.11. The van der Waals surface area contributed by atoms with Crippen LogP contribution in [0.25, 0.3) is 55.9 Å². The number of methoxy groups -OCH3 is 1. The lowest BCUT2D eigenvalue weighted by Gasteiger charge is -1.96. The van der Waals surface area contributed by atoms with Crippen LogP contribution in [0.15, 0.2) is 60.9 Å². The van der Waals surface area contributed by atoms with Crippen LogP contribution in [0, 0.1) is 0 Å². The molecule has 0 amide bonds. The van der Waals surface area contributed by atoms with E-state index in [1.807, 2.05) is 54.6 Å². The van der Waals surface area contributed by atoms with Gasteiger partial charge in [-0.05, 0) is 48.5 Å². The van der Waals surface area contributed by atoms with E-state index < -0.39 is 0 Å². The van der Waals surface area contributed by atoms with Crippen molar-refractivity contribution < 1.29 is 4.74 Å². The van der Waals surface area contributed by atoms with Crippen molar-refractivity contribution in [1.29, 1.82) is 0 Å². The lowest BCUT2D eigenvalue weighted by molar-refractivity contribution is 0.415. The number of nitrogens with zero attached hydrogens (tertiary/aromatic N) is 3. The van der Waals surface area contributed by atoms with Gasteiger partial charge in [0.25, 0.3) is 0 Å². The molecule has 3 N–H and O–H groups in total. The van der Waals surface area contributed by atoms with Crippen LogP contribution in [-0.4, -0.2) is 37.0 Å². The molecular weight excluding hydrogens is 364 g/mol. The van der Waals surface area contributed by atoms with Crippen LogP contribution in [0.3, 0.4) is 0 Å². The first-order chi connectivity index (χ1) is 14.3. The summed E-state index contributed by atoms with van der Waals surface area (Å²) in [5.74, 6) is 2.41. The van der Waals surface area contributed by atoms with Gasteiger partial charge in [0.1, 0.15) is 17.4 Å². The Balaban J connectivity index is 1.43. The lowest BCUT2D eigenvalue weighted by Crippen LogP contribution is -1.81. The van der Waals surface area contributed by atoms with Gasteiger partial charge in [-0.1, -0.05) is 0 Å². The van der Waals surface area contributed by atoms with Gasteiger partial charge in [0, 0.05) is 17.2 Å². The van der Waals surface area contributed by atoms with Crippen LogP contribution in [0.4, 0.5) is 0 Å². The number of ether oxygens (including phenoxy) is 1. The number of imidazole rings is 3. The minimum absolute atomic E-state index is 0.789. The van der Waals surface area contributed by atoms with Gasteiger partial charge < -0.3 is 19.7 Å². The fourth-order valence-electron chi connectivity index (χ4n) is 3.62. The summed E-state index contributed by atoms with van der Waals surface area (Å²) in [6.45, 7) is 0. The summed E-state index contributed by atoms with van der Waals surface area (Å²) in [5.41, 5.74) is 7.60. The number of benzene rings is 3. The maximum absolute atomic E-state index is 5.29. The number of aromatic nitrogens is 6. The molecular formula is C22H16N6O. The van der Waals surface area contributed by atoms with Gasteiger partial charge in [-0.25, -0.2) is 15.0 Å². The van der Waals surface area contributed by atoms with E-state index in [2.05, 4.69) is 19.9 Å². The van der Waals surface area contributed by atoms with Gasteiger partial charge in [-0.2, -0.15) is 0 Å². The minimum Gasteiger partial charge on any atom is -0.497 e. The third-order valence-corrected chi connectivity index (χ3v) is 5.14. The van der Waals surface area contributed by atoms with Crippen molar-refractivity contribution >= 4 is 33.1 Å². The first-order valence-electron chi connectivity index (χ1n) is 9.24. The molecule has 0 saturated carbocycles. The maximum atomic E-state index is 5.29. The average molecular weight is 380 g/mol. The van der Waals surface area contributed by atoms with Crippen molar-refractivity contribution in [2.24, 2.45) is 0 Å². The zero-order valence-corrected chi connectivity index (χ0v) is 15.5. The first kappa shape index (κ1) is 15.9. The van der Waals surface area contributed by atoms with Crippen molar-refractivity contribution in [3.05, 3.63) is 60.9 Å². The van der Waals surface area contributed by atoms with E-state index in [1.165, 1.54) is 0 Å². The van der Waals surface area contributed by atoms with Crippen molar-refractivity contribution in [1.82, 2.24) is 29.9 Å². The van der Waals surface area contributed by atoms with Gasteiger partial charge >= 0.3 is 0 Å². The predicted molar refractivity (Wildman–Crippen MR) is 113 cm³/mol. The fourth-order valence-corrected chi connectivity index (χ4v) is 3.62. The van der Waals surface area contributed by atoms with E-state index >= 15 is 0 Å². The normalized spacial score (nSPS) is 11.6. The Bertz CT molecular complexity index is 1510. The van der Waals surface area contributed by atoms with Crippen molar-refractivity contribution in [3.8, 4) is 28.5 Å². The van der Waals surface area contributed by atoms with Crippen LogP contribution in [0.2, 0.25) is 0 Å². The van der Waals surface area contributed by atoms with Gasteiger partial charge in [-0.3, -0.25) is 0 Å². The quantitative estimate of drug-likeness (QED) is 0.416. The smallest absolute Gasteiger partial charge is 0.138 e.